The highest BCUT2D eigenvalue weighted by Gasteiger charge is 2.25. The maximum absolute atomic E-state index is 12.4. The van der Waals surface area contributed by atoms with Gasteiger partial charge in [0.1, 0.15) is 6.61 Å². The van der Waals surface area contributed by atoms with Gasteiger partial charge >= 0.3 is 5.97 Å². The second-order valence-corrected chi connectivity index (χ2v) is 9.22. The summed E-state index contributed by atoms with van der Waals surface area (Å²) in [6, 6.07) is 18.6. The van der Waals surface area contributed by atoms with Crippen LogP contribution in [0.3, 0.4) is 0 Å². The number of carbonyl (C=O) groups excluding carboxylic acids is 1. The van der Waals surface area contributed by atoms with E-state index in [1.165, 1.54) is 0 Å². The van der Waals surface area contributed by atoms with Gasteiger partial charge in [0.05, 0.1) is 16.2 Å². The Morgan fingerprint density at radius 2 is 1.97 bits per heavy atom. The number of aliphatic imine (C=N–C) groups is 1. The Morgan fingerprint density at radius 3 is 2.72 bits per heavy atom. The molecule has 3 aromatic carbocycles. The van der Waals surface area contributed by atoms with E-state index in [0.29, 0.717) is 28.7 Å². The average Bonchev–Trinajstić information content (AvgIpc) is 3.13. The van der Waals surface area contributed by atoms with Crippen LogP contribution in [-0.2, 0) is 16.1 Å². The molecule has 0 aliphatic carbocycles. The highest BCUT2D eigenvalue weighted by Crippen LogP contribution is 2.36. The molecule has 0 aromatic heterocycles. The van der Waals surface area contributed by atoms with Gasteiger partial charge < -0.3 is 14.2 Å². The van der Waals surface area contributed by atoms with Gasteiger partial charge in [0, 0.05) is 9.50 Å². The number of rotatable bonds is 6. The van der Waals surface area contributed by atoms with E-state index in [1.54, 1.807) is 19.3 Å². The smallest absolute Gasteiger partial charge is 0.363 e. The summed E-state index contributed by atoms with van der Waals surface area (Å²) in [6.45, 7) is 0.347. The Morgan fingerprint density at radius 1 is 1.16 bits per heavy atom. The number of methoxy groups -OCH3 is 1. The number of carbonyl (C=O) groups is 1. The van der Waals surface area contributed by atoms with Crippen LogP contribution >= 0.6 is 50.1 Å². The Labute approximate surface area is 212 Å². The molecule has 0 unspecified atom stereocenters. The summed E-state index contributed by atoms with van der Waals surface area (Å²) >= 11 is 11.7. The van der Waals surface area contributed by atoms with Crippen LogP contribution in [0.4, 0.5) is 0 Å². The number of halogens is 3. The molecule has 5 nitrogen and oxygen atoms in total. The summed E-state index contributed by atoms with van der Waals surface area (Å²) < 4.78 is 18.5. The molecule has 0 bridgehead atoms. The van der Waals surface area contributed by atoms with Crippen molar-refractivity contribution in [2.45, 2.75) is 6.61 Å². The second-order valence-electron chi connectivity index (χ2n) is 6.77. The monoisotopic (exact) mass is 623 g/mol. The normalized spacial score (nSPS) is 14.3. The zero-order valence-electron chi connectivity index (χ0n) is 16.8. The Bertz CT molecular complexity index is 1260. The third-order valence-electron chi connectivity index (χ3n) is 4.55. The van der Waals surface area contributed by atoms with Crippen LogP contribution in [0.5, 0.6) is 11.5 Å². The van der Waals surface area contributed by atoms with Gasteiger partial charge in [0.15, 0.2) is 17.2 Å². The lowest BCUT2D eigenvalue weighted by molar-refractivity contribution is -0.129. The van der Waals surface area contributed by atoms with Crippen LogP contribution < -0.4 is 9.47 Å². The van der Waals surface area contributed by atoms with Crippen LogP contribution in [0.15, 0.2) is 75.8 Å². The van der Waals surface area contributed by atoms with Crippen molar-refractivity contribution in [3.05, 3.63) is 96.1 Å². The first-order valence-electron chi connectivity index (χ1n) is 9.47. The molecule has 3 aromatic rings. The van der Waals surface area contributed by atoms with Crippen molar-refractivity contribution >= 4 is 68.1 Å². The van der Waals surface area contributed by atoms with Crippen molar-refractivity contribution in [3.8, 4) is 11.5 Å². The topological polar surface area (TPSA) is 57.1 Å². The van der Waals surface area contributed by atoms with Crippen LogP contribution in [0.25, 0.3) is 6.08 Å². The van der Waals surface area contributed by atoms with E-state index in [9.17, 15) is 4.79 Å². The SMILES string of the molecule is COc1cc(/C=C2\N=C(c3ccccc3Br)OC2=O)cc(I)c1OCc1cccc(Cl)c1. The van der Waals surface area contributed by atoms with E-state index in [0.717, 1.165) is 19.2 Å². The van der Waals surface area contributed by atoms with E-state index in [4.69, 9.17) is 25.8 Å². The minimum atomic E-state index is -0.508. The predicted octanol–water partition coefficient (Wildman–Crippen LogP) is 6.64. The van der Waals surface area contributed by atoms with Crippen molar-refractivity contribution in [2.75, 3.05) is 7.11 Å². The van der Waals surface area contributed by atoms with Crippen molar-refractivity contribution < 1.29 is 19.0 Å². The quantitative estimate of drug-likeness (QED) is 0.175. The van der Waals surface area contributed by atoms with Gasteiger partial charge in [0.2, 0.25) is 5.90 Å². The number of esters is 1. The first-order chi connectivity index (χ1) is 15.4. The summed E-state index contributed by atoms with van der Waals surface area (Å²) in [5.41, 5.74) is 2.61. The number of nitrogens with zero attached hydrogens (tertiary/aromatic N) is 1. The molecule has 0 spiro atoms. The molecule has 1 aliphatic rings. The minimum absolute atomic E-state index is 0.209. The molecule has 0 fully saturated rings. The molecule has 8 heteroatoms. The zero-order valence-corrected chi connectivity index (χ0v) is 21.3. The van der Waals surface area contributed by atoms with Crippen molar-refractivity contribution in [1.29, 1.82) is 0 Å². The number of ether oxygens (including phenoxy) is 3. The molecule has 0 N–H and O–H groups in total. The van der Waals surface area contributed by atoms with Gasteiger partial charge in [-0.3, -0.25) is 0 Å². The number of hydrogen-bond donors (Lipinski definition) is 0. The molecule has 1 heterocycles. The number of hydrogen-bond acceptors (Lipinski definition) is 5. The third-order valence-corrected chi connectivity index (χ3v) is 6.28. The molecule has 0 saturated heterocycles. The summed E-state index contributed by atoms with van der Waals surface area (Å²) in [4.78, 5) is 16.8. The zero-order chi connectivity index (χ0) is 22.7. The minimum Gasteiger partial charge on any atom is -0.493 e. The standard InChI is InChI=1S/C24H16BrClINO4/c1-30-21-12-15(10-19(27)22(21)31-13-14-5-4-6-16(26)9-14)11-20-24(29)32-23(28-20)17-7-2-3-8-18(17)25/h2-12H,13H2,1H3/b20-11-. The van der Waals surface area contributed by atoms with Gasteiger partial charge in [0.25, 0.3) is 0 Å². The molecule has 1 aliphatic heterocycles. The van der Waals surface area contributed by atoms with Crippen LogP contribution in [0, 0.1) is 3.57 Å². The maximum atomic E-state index is 12.4. The second kappa shape index (κ2) is 10.1. The highest BCUT2D eigenvalue weighted by molar-refractivity contribution is 14.1. The number of cyclic esters (lactones) is 1. The molecule has 32 heavy (non-hydrogen) atoms. The predicted molar refractivity (Wildman–Crippen MR) is 136 cm³/mol. The molecule has 0 radical (unpaired) electrons. The van der Waals surface area contributed by atoms with E-state index in [-0.39, 0.29) is 11.6 Å². The first-order valence-corrected chi connectivity index (χ1v) is 11.7. The summed E-state index contributed by atoms with van der Waals surface area (Å²) in [5, 5.41) is 0.653. The third kappa shape index (κ3) is 5.16. The fraction of sp³-hybridized carbons (Fsp3) is 0.0833. The maximum Gasteiger partial charge on any atom is 0.363 e. The molecular formula is C24H16BrClINO4. The van der Waals surface area contributed by atoms with E-state index < -0.39 is 5.97 Å². The summed E-state index contributed by atoms with van der Waals surface area (Å²) in [6.07, 6.45) is 1.66. The van der Waals surface area contributed by atoms with Gasteiger partial charge in [-0.05, 0) is 92.1 Å². The Balaban J connectivity index is 1.60. The van der Waals surface area contributed by atoms with Gasteiger partial charge in [-0.25, -0.2) is 9.79 Å². The Kier molecular flexibility index (Phi) is 7.17. The molecule has 0 saturated carbocycles. The fourth-order valence-corrected chi connectivity index (χ4v) is 4.51. The van der Waals surface area contributed by atoms with Crippen molar-refractivity contribution in [2.24, 2.45) is 4.99 Å². The van der Waals surface area contributed by atoms with Crippen molar-refractivity contribution in [3.63, 3.8) is 0 Å². The van der Waals surface area contributed by atoms with Gasteiger partial charge in [-0.15, -0.1) is 0 Å². The summed E-state index contributed by atoms with van der Waals surface area (Å²) in [5.74, 6) is 0.914. The number of benzene rings is 3. The lowest BCUT2D eigenvalue weighted by atomic mass is 10.1. The van der Waals surface area contributed by atoms with Crippen LogP contribution in [0.1, 0.15) is 16.7 Å². The lowest BCUT2D eigenvalue weighted by Crippen LogP contribution is -2.05. The molecule has 0 atom stereocenters. The Hall–Kier alpha value is -2.36. The van der Waals surface area contributed by atoms with E-state index >= 15 is 0 Å². The fourth-order valence-electron chi connectivity index (χ4n) is 3.06. The molecule has 0 amide bonds. The van der Waals surface area contributed by atoms with Crippen LogP contribution in [-0.4, -0.2) is 19.0 Å². The van der Waals surface area contributed by atoms with Gasteiger partial charge in [-0.2, -0.15) is 0 Å². The highest BCUT2D eigenvalue weighted by atomic mass is 127. The lowest BCUT2D eigenvalue weighted by Gasteiger charge is -2.14. The average molecular weight is 625 g/mol. The van der Waals surface area contributed by atoms with Crippen LogP contribution in [0.2, 0.25) is 5.02 Å². The first kappa shape index (κ1) is 22.8. The van der Waals surface area contributed by atoms with E-state index in [2.05, 4.69) is 43.5 Å². The largest absolute Gasteiger partial charge is 0.493 e. The van der Waals surface area contributed by atoms with Crippen molar-refractivity contribution in [1.82, 2.24) is 0 Å². The molecule has 4 rings (SSSR count). The van der Waals surface area contributed by atoms with E-state index in [1.807, 2.05) is 54.6 Å². The summed E-state index contributed by atoms with van der Waals surface area (Å²) in [7, 11) is 1.57. The molecule has 162 valence electrons. The van der Waals surface area contributed by atoms with Gasteiger partial charge in [-0.1, -0.05) is 35.9 Å². The molecular weight excluding hydrogens is 609 g/mol.